The van der Waals surface area contributed by atoms with Gasteiger partial charge >= 0.3 is 5.97 Å². The van der Waals surface area contributed by atoms with Crippen LogP contribution in [0.5, 0.6) is 0 Å². The normalized spacial score (nSPS) is 12.2. The molecule has 0 saturated heterocycles. The second-order valence-electron chi connectivity index (χ2n) is 4.43. The number of rotatable bonds is 4. The molecule has 1 amide bonds. The largest absolute Gasteiger partial charge is 0.479 e. The van der Waals surface area contributed by atoms with Crippen molar-refractivity contribution >= 4 is 34.1 Å². The van der Waals surface area contributed by atoms with Crippen LogP contribution in [0.2, 0.25) is 0 Å². The van der Waals surface area contributed by atoms with Crippen molar-refractivity contribution in [3.63, 3.8) is 0 Å². The van der Waals surface area contributed by atoms with Crippen molar-refractivity contribution in [2.45, 2.75) is 6.04 Å². The fourth-order valence-electron chi connectivity index (χ4n) is 2.00. The third kappa shape index (κ3) is 2.63. The molecule has 0 aliphatic carbocycles. The number of carbonyl (C=O) groups excluding carboxylic acids is 1. The summed E-state index contributed by atoms with van der Waals surface area (Å²) in [4.78, 5) is 24.1. The summed E-state index contributed by atoms with van der Waals surface area (Å²) in [6.45, 7) is 0. The Bertz CT molecular complexity index is 795. The van der Waals surface area contributed by atoms with Crippen LogP contribution in [-0.4, -0.2) is 27.2 Å². The molecule has 3 rings (SSSR count). The molecular formula is C14H11N3O3S. The van der Waals surface area contributed by atoms with E-state index < -0.39 is 17.9 Å². The van der Waals surface area contributed by atoms with E-state index in [1.54, 1.807) is 41.9 Å². The fourth-order valence-corrected chi connectivity index (χ4v) is 2.77. The van der Waals surface area contributed by atoms with Gasteiger partial charge in [-0.15, -0.1) is 11.3 Å². The maximum absolute atomic E-state index is 12.2. The first-order valence-corrected chi connectivity index (χ1v) is 7.03. The molecule has 2 heterocycles. The van der Waals surface area contributed by atoms with Crippen molar-refractivity contribution in [2.75, 3.05) is 0 Å². The molecule has 0 aliphatic rings. The number of fused-ring (bicyclic) bond motifs is 1. The van der Waals surface area contributed by atoms with Gasteiger partial charge in [-0.3, -0.25) is 9.89 Å². The van der Waals surface area contributed by atoms with Crippen LogP contribution >= 0.6 is 11.3 Å². The molecule has 0 spiro atoms. The lowest BCUT2D eigenvalue weighted by Gasteiger charge is -2.13. The summed E-state index contributed by atoms with van der Waals surface area (Å²) in [6, 6.07) is 7.43. The third-order valence-electron chi connectivity index (χ3n) is 3.05. The molecule has 0 saturated carbocycles. The molecular weight excluding hydrogens is 290 g/mol. The Hall–Kier alpha value is -2.67. The van der Waals surface area contributed by atoms with Crippen LogP contribution in [0.3, 0.4) is 0 Å². The van der Waals surface area contributed by atoms with Crippen LogP contribution in [-0.2, 0) is 4.79 Å². The van der Waals surface area contributed by atoms with Crippen LogP contribution in [0.15, 0.2) is 41.9 Å². The van der Waals surface area contributed by atoms with Gasteiger partial charge in [-0.25, -0.2) is 4.79 Å². The van der Waals surface area contributed by atoms with Gasteiger partial charge in [0.05, 0.1) is 11.7 Å². The summed E-state index contributed by atoms with van der Waals surface area (Å²) < 4.78 is 0. The number of carbonyl (C=O) groups is 2. The lowest BCUT2D eigenvalue weighted by molar-refractivity contribution is -0.139. The molecule has 0 bridgehead atoms. The van der Waals surface area contributed by atoms with E-state index in [2.05, 4.69) is 15.5 Å². The molecule has 21 heavy (non-hydrogen) atoms. The fraction of sp³-hybridized carbons (Fsp3) is 0.0714. The molecule has 7 heteroatoms. The number of carboxylic acid groups (broad SMARTS) is 1. The second-order valence-corrected chi connectivity index (χ2v) is 5.41. The molecule has 0 aliphatic heterocycles. The zero-order valence-electron chi connectivity index (χ0n) is 10.7. The molecule has 3 N–H and O–H groups in total. The number of hydrogen-bond donors (Lipinski definition) is 3. The van der Waals surface area contributed by atoms with Gasteiger partial charge in [0.15, 0.2) is 6.04 Å². The summed E-state index contributed by atoms with van der Waals surface area (Å²) in [5.41, 5.74) is 1.11. The number of aliphatic carboxylic acids is 1. The van der Waals surface area contributed by atoms with E-state index >= 15 is 0 Å². The monoisotopic (exact) mass is 301 g/mol. The van der Waals surface area contributed by atoms with Gasteiger partial charge in [0.25, 0.3) is 5.91 Å². The van der Waals surface area contributed by atoms with Crippen LogP contribution in [0.1, 0.15) is 21.3 Å². The maximum atomic E-state index is 12.2. The maximum Gasteiger partial charge on any atom is 0.331 e. The minimum atomic E-state index is -1.09. The summed E-state index contributed by atoms with van der Waals surface area (Å²) in [5, 5.41) is 21.1. The lowest BCUT2D eigenvalue weighted by Crippen LogP contribution is -2.33. The Balaban J connectivity index is 1.85. The van der Waals surface area contributed by atoms with E-state index in [0.717, 1.165) is 10.9 Å². The SMILES string of the molecule is O=C(NC(C(=O)O)c1cccs1)c1ccc2cn[nH]c2c1. The Labute approximate surface area is 123 Å². The smallest absolute Gasteiger partial charge is 0.331 e. The van der Waals surface area contributed by atoms with Gasteiger partial charge in [0.2, 0.25) is 0 Å². The van der Waals surface area contributed by atoms with Crippen molar-refractivity contribution in [3.8, 4) is 0 Å². The van der Waals surface area contributed by atoms with E-state index in [0.29, 0.717) is 10.4 Å². The molecule has 3 aromatic rings. The molecule has 0 radical (unpaired) electrons. The molecule has 6 nitrogen and oxygen atoms in total. The summed E-state index contributed by atoms with van der Waals surface area (Å²) in [7, 11) is 0. The topological polar surface area (TPSA) is 95.1 Å². The molecule has 0 fully saturated rings. The highest BCUT2D eigenvalue weighted by Gasteiger charge is 2.23. The summed E-state index contributed by atoms with van der Waals surface area (Å²) >= 11 is 1.29. The van der Waals surface area contributed by atoms with Crippen molar-refractivity contribution in [1.82, 2.24) is 15.5 Å². The summed E-state index contributed by atoms with van der Waals surface area (Å²) in [6.07, 6.45) is 1.66. The van der Waals surface area contributed by atoms with Crippen LogP contribution in [0, 0.1) is 0 Å². The summed E-state index contributed by atoms with van der Waals surface area (Å²) in [5.74, 6) is -1.53. The average molecular weight is 301 g/mol. The van der Waals surface area contributed by atoms with E-state index in [9.17, 15) is 14.7 Å². The number of hydrogen-bond acceptors (Lipinski definition) is 4. The number of H-pyrrole nitrogens is 1. The van der Waals surface area contributed by atoms with Crippen molar-refractivity contribution in [3.05, 3.63) is 52.3 Å². The quantitative estimate of drug-likeness (QED) is 0.688. The number of nitrogens with zero attached hydrogens (tertiary/aromatic N) is 1. The Morgan fingerprint density at radius 2 is 2.19 bits per heavy atom. The number of amides is 1. The third-order valence-corrected chi connectivity index (χ3v) is 3.99. The first-order valence-electron chi connectivity index (χ1n) is 6.15. The Morgan fingerprint density at radius 1 is 1.33 bits per heavy atom. The molecule has 2 aromatic heterocycles. The molecule has 106 valence electrons. The minimum absolute atomic E-state index is 0.384. The first kappa shape index (κ1) is 13.3. The van der Waals surface area contributed by atoms with Gasteiger partial charge in [0, 0.05) is 15.8 Å². The van der Waals surface area contributed by atoms with Crippen molar-refractivity contribution in [1.29, 1.82) is 0 Å². The Kier molecular flexibility index (Phi) is 3.41. The number of benzene rings is 1. The minimum Gasteiger partial charge on any atom is -0.479 e. The number of carboxylic acids is 1. The van der Waals surface area contributed by atoms with Crippen molar-refractivity contribution < 1.29 is 14.7 Å². The molecule has 1 unspecified atom stereocenters. The Morgan fingerprint density at radius 3 is 2.90 bits per heavy atom. The lowest BCUT2D eigenvalue weighted by atomic mass is 10.1. The molecule has 1 atom stereocenters. The van der Waals surface area contributed by atoms with Crippen LogP contribution in [0.25, 0.3) is 10.9 Å². The van der Waals surface area contributed by atoms with Gasteiger partial charge < -0.3 is 10.4 Å². The van der Waals surface area contributed by atoms with Gasteiger partial charge in [-0.2, -0.15) is 5.10 Å². The highest BCUT2D eigenvalue weighted by atomic mass is 32.1. The number of aromatic nitrogens is 2. The van der Waals surface area contributed by atoms with E-state index in [4.69, 9.17) is 0 Å². The van der Waals surface area contributed by atoms with Gasteiger partial charge in [-0.1, -0.05) is 12.1 Å². The van der Waals surface area contributed by atoms with Gasteiger partial charge in [0.1, 0.15) is 0 Å². The zero-order chi connectivity index (χ0) is 14.8. The second kappa shape index (κ2) is 5.37. The van der Waals surface area contributed by atoms with E-state index in [1.165, 1.54) is 11.3 Å². The number of nitrogens with one attached hydrogen (secondary N) is 2. The average Bonchev–Trinajstić information content (AvgIpc) is 3.14. The predicted molar refractivity (Wildman–Crippen MR) is 78.3 cm³/mol. The highest BCUT2D eigenvalue weighted by molar-refractivity contribution is 7.10. The van der Waals surface area contributed by atoms with Gasteiger partial charge in [-0.05, 0) is 23.6 Å². The molecule has 1 aromatic carbocycles. The van der Waals surface area contributed by atoms with Crippen LogP contribution in [0.4, 0.5) is 0 Å². The van der Waals surface area contributed by atoms with E-state index in [1.807, 2.05) is 0 Å². The van der Waals surface area contributed by atoms with Crippen LogP contribution < -0.4 is 5.32 Å². The number of aromatic amines is 1. The van der Waals surface area contributed by atoms with Crippen molar-refractivity contribution in [2.24, 2.45) is 0 Å². The highest BCUT2D eigenvalue weighted by Crippen LogP contribution is 2.20. The number of thiophene rings is 1. The van der Waals surface area contributed by atoms with E-state index in [-0.39, 0.29) is 0 Å². The zero-order valence-corrected chi connectivity index (χ0v) is 11.6. The standard InChI is InChI=1S/C14H11N3O3S/c18-13(8-3-4-9-7-15-17-10(9)6-8)16-12(14(19)20)11-2-1-5-21-11/h1-7,12H,(H,15,17)(H,16,18)(H,19,20). The first-order chi connectivity index (χ1) is 10.1. The predicted octanol–water partition coefficient (Wildman–Crippen LogP) is 2.18.